The van der Waals surface area contributed by atoms with Crippen LogP contribution >= 0.6 is 11.3 Å². The van der Waals surface area contributed by atoms with Crippen LogP contribution < -0.4 is 5.56 Å². The van der Waals surface area contributed by atoms with E-state index < -0.39 is 0 Å². The minimum absolute atomic E-state index is 0.00220. The number of aliphatic hydroxyl groups is 1. The summed E-state index contributed by atoms with van der Waals surface area (Å²) in [4.78, 5) is 20.6. The third-order valence-corrected chi connectivity index (χ3v) is 3.54. The van der Waals surface area contributed by atoms with E-state index in [0.29, 0.717) is 17.6 Å². The number of hydrogen-bond acceptors (Lipinski definition) is 4. The highest BCUT2D eigenvalue weighted by molar-refractivity contribution is 7.18. The van der Waals surface area contributed by atoms with Crippen molar-refractivity contribution in [3.63, 3.8) is 0 Å². The summed E-state index contributed by atoms with van der Waals surface area (Å²) in [7, 11) is 0. The molecule has 0 aliphatic heterocycles. The summed E-state index contributed by atoms with van der Waals surface area (Å²) in [6.07, 6.45) is 0.390. The largest absolute Gasteiger partial charge is 0.396 e. The standard InChI is InChI=1S/C10H12N2O2S/c1-5-6(2)15-10-8(5)9(14)11-7(12-10)3-4-13/h13H,3-4H2,1-2H3,(H,11,12,14). The van der Waals surface area contributed by atoms with E-state index in [-0.39, 0.29) is 12.2 Å². The van der Waals surface area contributed by atoms with Crippen molar-refractivity contribution < 1.29 is 5.11 Å². The molecule has 2 aromatic heterocycles. The molecule has 0 aliphatic carbocycles. The second-order valence-electron chi connectivity index (χ2n) is 3.45. The number of fused-ring (bicyclic) bond motifs is 1. The lowest BCUT2D eigenvalue weighted by atomic mass is 10.2. The third-order valence-electron chi connectivity index (χ3n) is 2.44. The molecule has 5 heteroatoms. The summed E-state index contributed by atoms with van der Waals surface area (Å²) in [5, 5.41) is 9.46. The molecule has 0 spiro atoms. The molecule has 0 bridgehead atoms. The van der Waals surface area contributed by atoms with Crippen LogP contribution in [0, 0.1) is 13.8 Å². The molecular formula is C10H12N2O2S. The highest BCUT2D eigenvalue weighted by Crippen LogP contribution is 2.25. The zero-order valence-corrected chi connectivity index (χ0v) is 9.44. The van der Waals surface area contributed by atoms with Crippen LogP contribution in [0.15, 0.2) is 4.79 Å². The zero-order valence-electron chi connectivity index (χ0n) is 8.63. The number of thiophene rings is 1. The molecule has 2 aromatic rings. The van der Waals surface area contributed by atoms with Crippen LogP contribution in [0.1, 0.15) is 16.3 Å². The van der Waals surface area contributed by atoms with Gasteiger partial charge in [0.25, 0.3) is 5.56 Å². The number of aromatic nitrogens is 2. The van der Waals surface area contributed by atoms with Gasteiger partial charge in [0, 0.05) is 11.3 Å². The summed E-state index contributed by atoms with van der Waals surface area (Å²) in [6, 6.07) is 0. The zero-order chi connectivity index (χ0) is 11.0. The Morgan fingerprint density at radius 2 is 2.20 bits per heavy atom. The summed E-state index contributed by atoms with van der Waals surface area (Å²) >= 11 is 1.52. The van der Waals surface area contributed by atoms with Crippen molar-refractivity contribution in [3.8, 4) is 0 Å². The van der Waals surface area contributed by atoms with Gasteiger partial charge >= 0.3 is 0 Å². The number of aromatic amines is 1. The molecule has 0 fully saturated rings. The fourth-order valence-electron chi connectivity index (χ4n) is 1.52. The quantitative estimate of drug-likeness (QED) is 0.803. The lowest BCUT2D eigenvalue weighted by molar-refractivity contribution is 0.296. The Morgan fingerprint density at radius 1 is 1.47 bits per heavy atom. The van der Waals surface area contributed by atoms with Crippen molar-refractivity contribution in [3.05, 3.63) is 26.6 Å². The van der Waals surface area contributed by atoms with Gasteiger partial charge in [0.05, 0.1) is 12.0 Å². The number of nitrogens with zero attached hydrogens (tertiary/aromatic N) is 1. The van der Waals surface area contributed by atoms with Crippen molar-refractivity contribution in [2.24, 2.45) is 0 Å². The van der Waals surface area contributed by atoms with Gasteiger partial charge in [-0.1, -0.05) is 0 Å². The lowest BCUT2D eigenvalue weighted by Crippen LogP contribution is -2.12. The smallest absolute Gasteiger partial charge is 0.259 e. The van der Waals surface area contributed by atoms with Gasteiger partial charge in [-0.05, 0) is 19.4 Å². The van der Waals surface area contributed by atoms with Gasteiger partial charge in [-0.25, -0.2) is 4.98 Å². The molecule has 2 rings (SSSR count). The van der Waals surface area contributed by atoms with E-state index >= 15 is 0 Å². The van der Waals surface area contributed by atoms with Crippen molar-refractivity contribution in [2.45, 2.75) is 20.3 Å². The normalized spacial score (nSPS) is 11.1. The molecule has 2 heterocycles. The third kappa shape index (κ3) is 1.68. The Balaban J connectivity index is 2.73. The maximum Gasteiger partial charge on any atom is 0.259 e. The van der Waals surface area contributed by atoms with Crippen LogP contribution in [0.3, 0.4) is 0 Å². The van der Waals surface area contributed by atoms with E-state index in [4.69, 9.17) is 5.11 Å². The summed E-state index contributed by atoms with van der Waals surface area (Å²) < 4.78 is 0. The van der Waals surface area contributed by atoms with E-state index in [0.717, 1.165) is 15.3 Å². The van der Waals surface area contributed by atoms with Gasteiger partial charge in [-0.15, -0.1) is 11.3 Å². The molecule has 0 saturated heterocycles. The Hall–Kier alpha value is -1.20. The second kappa shape index (κ2) is 3.75. The minimum atomic E-state index is -0.106. The molecule has 0 radical (unpaired) electrons. The SMILES string of the molecule is Cc1sc2nc(CCO)[nH]c(=O)c2c1C. The summed E-state index contributed by atoms with van der Waals surface area (Å²) in [5.41, 5.74) is 0.893. The molecule has 0 unspecified atom stereocenters. The van der Waals surface area contributed by atoms with E-state index in [9.17, 15) is 4.79 Å². The molecule has 0 aromatic carbocycles. The van der Waals surface area contributed by atoms with E-state index in [2.05, 4.69) is 9.97 Å². The topological polar surface area (TPSA) is 66.0 Å². The molecule has 4 nitrogen and oxygen atoms in total. The minimum Gasteiger partial charge on any atom is -0.396 e. The highest BCUT2D eigenvalue weighted by Gasteiger charge is 2.11. The predicted octanol–water partition coefficient (Wildman–Crippen LogP) is 1.14. The van der Waals surface area contributed by atoms with Crippen LogP contribution in [0.4, 0.5) is 0 Å². The summed E-state index contributed by atoms with van der Waals surface area (Å²) in [5.74, 6) is 0.552. The highest BCUT2D eigenvalue weighted by atomic mass is 32.1. The van der Waals surface area contributed by atoms with Crippen LogP contribution in [0.2, 0.25) is 0 Å². The van der Waals surface area contributed by atoms with Gasteiger partial charge < -0.3 is 10.1 Å². The predicted molar refractivity (Wildman–Crippen MR) is 60.5 cm³/mol. The van der Waals surface area contributed by atoms with E-state index in [1.807, 2.05) is 13.8 Å². The average Bonchev–Trinajstić information content (AvgIpc) is 2.43. The maximum absolute atomic E-state index is 11.7. The van der Waals surface area contributed by atoms with E-state index in [1.165, 1.54) is 11.3 Å². The lowest BCUT2D eigenvalue weighted by Gasteiger charge is -1.97. The maximum atomic E-state index is 11.7. The first kappa shape index (κ1) is 10.3. The number of aliphatic hydroxyl groups excluding tert-OH is 1. The van der Waals surface area contributed by atoms with Crippen LogP contribution in [0.5, 0.6) is 0 Å². The van der Waals surface area contributed by atoms with E-state index in [1.54, 1.807) is 0 Å². The first-order valence-corrected chi connectivity index (χ1v) is 5.55. The number of hydrogen-bond donors (Lipinski definition) is 2. The van der Waals surface area contributed by atoms with Gasteiger partial charge in [-0.2, -0.15) is 0 Å². The Kier molecular flexibility index (Phi) is 2.58. The average molecular weight is 224 g/mol. The first-order valence-electron chi connectivity index (χ1n) is 4.73. The molecule has 80 valence electrons. The number of nitrogens with one attached hydrogen (secondary N) is 1. The number of aryl methyl sites for hydroxylation is 2. The molecular weight excluding hydrogens is 212 g/mol. The number of rotatable bonds is 2. The monoisotopic (exact) mass is 224 g/mol. The number of H-pyrrole nitrogens is 1. The van der Waals surface area contributed by atoms with Crippen LogP contribution in [0.25, 0.3) is 10.2 Å². The summed E-state index contributed by atoms with van der Waals surface area (Å²) in [6.45, 7) is 3.90. The molecule has 0 amide bonds. The fraction of sp³-hybridized carbons (Fsp3) is 0.400. The fourth-order valence-corrected chi connectivity index (χ4v) is 2.57. The van der Waals surface area contributed by atoms with Gasteiger partial charge in [0.1, 0.15) is 10.7 Å². The Morgan fingerprint density at radius 3 is 2.87 bits per heavy atom. The second-order valence-corrected chi connectivity index (χ2v) is 4.65. The van der Waals surface area contributed by atoms with Crippen molar-refractivity contribution in [1.29, 1.82) is 0 Å². The van der Waals surface area contributed by atoms with Crippen molar-refractivity contribution in [2.75, 3.05) is 6.61 Å². The van der Waals surface area contributed by atoms with Crippen molar-refractivity contribution >= 4 is 21.6 Å². The Labute approximate surface area is 90.6 Å². The van der Waals surface area contributed by atoms with Crippen molar-refractivity contribution in [1.82, 2.24) is 9.97 Å². The molecule has 0 saturated carbocycles. The van der Waals surface area contributed by atoms with Gasteiger partial charge in [0.2, 0.25) is 0 Å². The van der Waals surface area contributed by atoms with Crippen LogP contribution in [-0.2, 0) is 6.42 Å². The molecule has 15 heavy (non-hydrogen) atoms. The van der Waals surface area contributed by atoms with Gasteiger partial charge in [0.15, 0.2) is 0 Å². The van der Waals surface area contributed by atoms with Gasteiger partial charge in [-0.3, -0.25) is 4.79 Å². The Bertz CT molecular complexity index is 556. The molecule has 0 atom stereocenters. The van der Waals surface area contributed by atoms with Crippen LogP contribution in [-0.4, -0.2) is 21.7 Å². The molecule has 2 N–H and O–H groups in total. The molecule has 0 aliphatic rings. The first-order chi connectivity index (χ1) is 7.13.